The predicted molar refractivity (Wildman–Crippen MR) is 67.9 cm³/mol. The summed E-state index contributed by atoms with van der Waals surface area (Å²) in [7, 11) is 1.53. The second kappa shape index (κ2) is 5.91. The van der Waals surface area contributed by atoms with Gasteiger partial charge in [0.25, 0.3) is 0 Å². The van der Waals surface area contributed by atoms with Gasteiger partial charge in [-0.1, -0.05) is 15.9 Å². The Morgan fingerprint density at radius 3 is 2.59 bits per heavy atom. The van der Waals surface area contributed by atoms with Crippen LogP contribution in [0, 0.1) is 0 Å². The molecule has 0 amide bonds. The minimum atomic E-state index is -0.878. The van der Waals surface area contributed by atoms with Gasteiger partial charge in [-0.2, -0.15) is 0 Å². The lowest BCUT2D eigenvalue weighted by Gasteiger charge is -2.15. The molecule has 0 radical (unpaired) electrons. The van der Waals surface area contributed by atoms with Gasteiger partial charge in [0.2, 0.25) is 0 Å². The van der Waals surface area contributed by atoms with Crippen LogP contribution in [0.4, 0.5) is 0 Å². The van der Waals surface area contributed by atoms with E-state index in [1.807, 2.05) is 6.92 Å². The molecule has 0 bridgehead atoms. The summed E-state index contributed by atoms with van der Waals surface area (Å²) in [5, 5.41) is 9.00. The lowest BCUT2D eigenvalue weighted by molar-refractivity contribution is -0.138. The summed E-state index contributed by atoms with van der Waals surface area (Å²) in [5.74, 6) is -0.341. The zero-order chi connectivity index (χ0) is 13.0. The number of benzene rings is 1. The largest absolute Gasteiger partial charge is 0.493 e. The van der Waals surface area contributed by atoms with Crippen LogP contribution in [0.1, 0.15) is 25.3 Å². The van der Waals surface area contributed by atoms with E-state index in [1.165, 1.54) is 7.11 Å². The van der Waals surface area contributed by atoms with Crippen LogP contribution in [-0.4, -0.2) is 24.8 Å². The molecule has 0 aliphatic carbocycles. The predicted octanol–water partition coefficient (Wildman–Crippen LogP) is 3.04. The van der Waals surface area contributed by atoms with Crippen LogP contribution in [0.2, 0.25) is 0 Å². The molecule has 17 heavy (non-hydrogen) atoms. The van der Waals surface area contributed by atoms with E-state index in [0.29, 0.717) is 28.1 Å². The maximum absolute atomic E-state index is 11.0. The third-order valence-electron chi connectivity index (χ3n) is 2.42. The Balaban J connectivity index is 3.21. The van der Waals surface area contributed by atoms with Crippen LogP contribution in [-0.2, 0) is 4.79 Å². The highest BCUT2D eigenvalue weighted by molar-refractivity contribution is 9.10. The molecule has 1 N–H and O–H groups in total. The highest BCUT2D eigenvalue weighted by atomic mass is 79.9. The number of carbonyl (C=O) groups is 1. The SMILES string of the molecule is CCOc1cc(Br)c([C@@H](C)C(=O)O)cc1OC. The molecular weight excluding hydrogens is 288 g/mol. The van der Waals surface area contributed by atoms with E-state index in [-0.39, 0.29) is 0 Å². The van der Waals surface area contributed by atoms with Crippen molar-refractivity contribution in [2.45, 2.75) is 19.8 Å². The quantitative estimate of drug-likeness (QED) is 0.908. The van der Waals surface area contributed by atoms with E-state index in [9.17, 15) is 4.79 Å². The third-order valence-corrected chi connectivity index (χ3v) is 3.11. The first kappa shape index (κ1) is 13.8. The molecule has 0 saturated heterocycles. The molecule has 1 rings (SSSR count). The van der Waals surface area contributed by atoms with E-state index in [0.717, 1.165) is 0 Å². The highest BCUT2D eigenvalue weighted by Gasteiger charge is 2.19. The summed E-state index contributed by atoms with van der Waals surface area (Å²) >= 11 is 3.35. The molecule has 94 valence electrons. The molecule has 0 aliphatic heterocycles. The molecule has 0 fully saturated rings. The average molecular weight is 303 g/mol. The Morgan fingerprint density at radius 2 is 2.12 bits per heavy atom. The fourth-order valence-corrected chi connectivity index (χ4v) is 2.11. The van der Waals surface area contributed by atoms with Gasteiger partial charge >= 0.3 is 5.97 Å². The third kappa shape index (κ3) is 3.12. The molecule has 1 aromatic carbocycles. The minimum absolute atomic E-state index is 0.524. The minimum Gasteiger partial charge on any atom is -0.493 e. The molecule has 0 saturated carbocycles. The maximum Gasteiger partial charge on any atom is 0.310 e. The van der Waals surface area contributed by atoms with Gasteiger partial charge in [0, 0.05) is 4.47 Å². The summed E-state index contributed by atoms with van der Waals surface area (Å²) < 4.78 is 11.3. The fourth-order valence-electron chi connectivity index (χ4n) is 1.44. The number of methoxy groups -OCH3 is 1. The monoisotopic (exact) mass is 302 g/mol. The first-order valence-corrected chi connectivity index (χ1v) is 6.03. The van der Waals surface area contributed by atoms with E-state index in [4.69, 9.17) is 14.6 Å². The molecule has 1 aromatic rings. The number of hydrogen-bond donors (Lipinski definition) is 1. The molecule has 0 heterocycles. The number of carboxylic acids is 1. The smallest absolute Gasteiger partial charge is 0.310 e. The molecule has 0 aliphatic rings. The van der Waals surface area contributed by atoms with Gasteiger partial charge < -0.3 is 14.6 Å². The average Bonchev–Trinajstić information content (AvgIpc) is 2.29. The Hall–Kier alpha value is -1.23. The normalized spacial score (nSPS) is 12.0. The highest BCUT2D eigenvalue weighted by Crippen LogP contribution is 2.36. The second-order valence-corrected chi connectivity index (χ2v) is 4.37. The van der Waals surface area contributed by atoms with Gasteiger partial charge in [0.05, 0.1) is 19.6 Å². The molecule has 0 unspecified atom stereocenters. The topological polar surface area (TPSA) is 55.8 Å². The van der Waals surface area contributed by atoms with Crippen molar-refractivity contribution in [3.05, 3.63) is 22.2 Å². The van der Waals surface area contributed by atoms with Crippen molar-refractivity contribution in [2.24, 2.45) is 0 Å². The molecule has 0 aromatic heterocycles. The Bertz CT molecular complexity index is 417. The molecular formula is C12H15BrO4. The zero-order valence-corrected chi connectivity index (χ0v) is 11.6. The maximum atomic E-state index is 11.0. The van der Waals surface area contributed by atoms with Gasteiger partial charge in [-0.05, 0) is 31.5 Å². The van der Waals surface area contributed by atoms with E-state index >= 15 is 0 Å². The lowest BCUT2D eigenvalue weighted by Crippen LogP contribution is -2.08. The van der Waals surface area contributed by atoms with Crippen LogP contribution in [0.3, 0.4) is 0 Å². The van der Waals surface area contributed by atoms with Crippen molar-refractivity contribution in [2.75, 3.05) is 13.7 Å². The first-order chi connectivity index (χ1) is 8.01. The van der Waals surface area contributed by atoms with Gasteiger partial charge in [0.15, 0.2) is 11.5 Å². The second-order valence-electron chi connectivity index (χ2n) is 3.52. The molecule has 4 nitrogen and oxygen atoms in total. The number of carboxylic acid groups (broad SMARTS) is 1. The van der Waals surface area contributed by atoms with Gasteiger partial charge in [0.1, 0.15) is 0 Å². The van der Waals surface area contributed by atoms with Crippen molar-refractivity contribution in [1.82, 2.24) is 0 Å². The van der Waals surface area contributed by atoms with Gasteiger partial charge in [-0.25, -0.2) is 0 Å². The Kier molecular flexibility index (Phi) is 4.81. The van der Waals surface area contributed by atoms with Gasteiger partial charge in [-0.15, -0.1) is 0 Å². The van der Waals surface area contributed by atoms with Crippen molar-refractivity contribution in [1.29, 1.82) is 0 Å². The number of ether oxygens (including phenoxy) is 2. The Morgan fingerprint density at radius 1 is 1.47 bits per heavy atom. The fraction of sp³-hybridized carbons (Fsp3) is 0.417. The first-order valence-electron chi connectivity index (χ1n) is 5.24. The lowest BCUT2D eigenvalue weighted by atomic mass is 10.0. The van der Waals surface area contributed by atoms with E-state index < -0.39 is 11.9 Å². The molecule has 5 heteroatoms. The standard InChI is InChI=1S/C12H15BrO4/c1-4-17-11-6-9(13)8(5-10(11)16-3)7(2)12(14)15/h5-7H,4H2,1-3H3,(H,14,15)/t7-/m1/s1. The number of halogens is 1. The molecule has 1 atom stereocenters. The number of hydrogen-bond acceptors (Lipinski definition) is 3. The van der Waals surface area contributed by atoms with Crippen molar-refractivity contribution < 1.29 is 19.4 Å². The van der Waals surface area contributed by atoms with E-state index in [1.54, 1.807) is 19.1 Å². The zero-order valence-electron chi connectivity index (χ0n) is 9.99. The van der Waals surface area contributed by atoms with Crippen LogP contribution in [0.5, 0.6) is 11.5 Å². The van der Waals surface area contributed by atoms with Crippen LogP contribution in [0.15, 0.2) is 16.6 Å². The Labute approximate surface area is 109 Å². The van der Waals surface area contributed by atoms with E-state index in [2.05, 4.69) is 15.9 Å². The summed E-state index contributed by atoms with van der Waals surface area (Å²) in [6.07, 6.45) is 0. The molecule has 0 spiro atoms. The van der Waals surface area contributed by atoms with Crippen LogP contribution in [0.25, 0.3) is 0 Å². The van der Waals surface area contributed by atoms with Crippen molar-refractivity contribution >= 4 is 21.9 Å². The summed E-state index contributed by atoms with van der Waals surface area (Å²) in [5.41, 5.74) is 0.665. The summed E-state index contributed by atoms with van der Waals surface area (Å²) in [6, 6.07) is 3.42. The van der Waals surface area contributed by atoms with Gasteiger partial charge in [-0.3, -0.25) is 4.79 Å². The summed E-state index contributed by atoms with van der Waals surface area (Å²) in [6.45, 7) is 4.03. The summed E-state index contributed by atoms with van der Waals surface area (Å²) in [4.78, 5) is 11.0. The van der Waals surface area contributed by atoms with Crippen molar-refractivity contribution in [3.63, 3.8) is 0 Å². The van der Waals surface area contributed by atoms with Crippen LogP contribution >= 0.6 is 15.9 Å². The number of rotatable bonds is 5. The van der Waals surface area contributed by atoms with Crippen molar-refractivity contribution in [3.8, 4) is 11.5 Å². The number of aliphatic carboxylic acids is 1. The van der Waals surface area contributed by atoms with Crippen LogP contribution < -0.4 is 9.47 Å².